The average Bonchev–Trinajstić information content (AvgIpc) is 3.22. The zero-order valence-corrected chi connectivity index (χ0v) is 17.6. The molecule has 2 heterocycles. The molecule has 2 aromatic carbocycles. The fraction of sp³-hybridized carbons (Fsp3) is 0.182. The van der Waals surface area contributed by atoms with Crippen molar-refractivity contribution >= 4 is 40.4 Å². The molecule has 0 bridgehead atoms. The van der Waals surface area contributed by atoms with E-state index in [9.17, 15) is 9.59 Å². The lowest BCUT2D eigenvalue weighted by Gasteiger charge is -2.43. The molecule has 0 saturated heterocycles. The first-order valence-corrected chi connectivity index (χ1v) is 10.4. The largest absolute Gasteiger partial charge is 0.358 e. The minimum Gasteiger partial charge on any atom is -0.358 e. The van der Waals surface area contributed by atoms with E-state index in [1.54, 1.807) is 36.4 Å². The summed E-state index contributed by atoms with van der Waals surface area (Å²) in [7, 11) is 3.40. The SMILES string of the molecule is CNC(=O)CN1c2ccccc2C(=O)N(C)C1c1ccc(-c2ccc(Cl)cc2)s1. The molecule has 148 valence electrons. The first kappa shape index (κ1) is 19.5. The minimum atomic E-state index is -0.360. The number of amides is 2. The molecular formula is C22H20ClN3O2S. The van der Waals surface area contributed by atoms with Crippen LogP contribution in [0.2, 0.25) is 5.02 Å². The van der Waals surface area contributed by atoms with E-state index in [4.69, 9.17) is 11.6 Å². The standard InChI is InChI=1S/C22H20ClN3O2S/c1-24-20(27)13-26-17-6-4-3-5-16(17)22(28)25(2)21(26)19-12-11-18(29-19)14-7-9-15(23)10-8-14/h3-12,21H,13H2,1-2H3,(H,24,27). The number of para-hydroxylation sites is 1. The number of carbonyl (C=O) groups excluding carboxylic acids is 2. The van der Waals surface area contributed by atoms with Crippen molar-refractivity contribution < 1.29 is 9.59 Å². The summed E-state index contributed by atoms with van der Waals surface area (Å²) in [6.45, 7) is 0.157. The third-order valence-corrected chi connectivity index (χ3v) is 6.46. The van der Waals surface area contributed by atoms with E-state index in [0.717, 1.165) is 21.0 Å². The van der Waals surface area contributed by atoms with Crippen LogP contribution in [0, 0.1) is 0 Å². The Morgan fingerprint density at radius 1 is 1.10 bits per heavy atom. The summed E-state index contributed by atoms with van der Waals surface area (Å²) in [6.07, 6.45) is -0.360. The van der Waals surface area contributed by atoms with Crippen molar-refractivity contribution in [3.8, 4) is 10.4 Å². The lowest BCUT2D eigenvalue weighted by atomic mass is 10.0. The van der Waals surface area contributed by atoms with Gasteiger partial charge in [-0.25, -0.2) is 0 Å². The van der Waals surface area contributed by atoms with Crippen LogP contribution in [0.3, 0.4) is 0 Å². The van der Waals surface area contributed by atoms with Crippen molar-refractivity contribution in [1.82, 2.24) is 10.2 Å². The van der Waals surface area contributed by atoms with E-state index in [0.29, 0.717) is 10.6 Å². The number of thiophene rings is 1. The normalized spacial score (nSPS) is 16.0. The molecule has 0 fully saturated rings. The number of fused-ring (bicyclic) bond motifs is 1. The van der Waals surface area contributed by atoms with E-state index in [1.807, 2.05) is 59.5 Å². The summed E-state index contributed by atoms with van der Waals surface area (Å²) in [5.41, 5.74) is 2.43. The number of anilines is 1. The fourth-order valence-corrected chi connectivity index (χ4v) is 4.85. The van der Waals surface area contributed by atoms with Gasteiger partial charge in [-0.15, -0.1) is 11.3 Å². The van der Waals surface area contributed by atoms with E-state index in [2.05, 4.69) is 5.32 Å². The maximum atomic E-state index is 13.0. The summed E-state index contributed by atoms with van der Waals surface area (Å²) in [5.74, 6) is -0.165. The van der Waals surface area contributed by atoms with Gasteiger partial charge in [0.05, 0.1) is 17.8 Å². The first-order valence-electron chi connectivity index (χ1n) is 9.18. The van der Waals surface area contributed by atoms with Gasteiger partial charge in [-0.05, 0) is 42.0 Å². The van der Waals surface area contributed by atoms with Crippen LogP contribution in [0.1, 0.15) is 21.4 Å². The molecule has 1 aromatic heterocycles. The molecule has 0 radical (unpaired) electrons. The Kier molecular flexibility index (Phi) is 5.30. The number of nitrogens with one attached hydrogen (secondary N) is 1. The first-order chi connectivity index (χ1) is 14.0. The second-order valence-electron chi connectivity index (χ2n) is 6.82. The number of rotatable bonds is 4. The number of hydrogen-bond donors (Lipinski definition) is 1. The van der Waals surface area contributed by atoms with Crippen molar-refractivity contribution in [2.45, 2.75) is 6.17 Å². The number of halogens is 1. The molecule has 29 heavy (non-hydrogen) atoms. The van der Waals surface area contributed by atoms with Crippen LogP contribution in [0.15, 0.2) is 60.7 Å². The Bertz CT molecular complexity index is 1060. The third-order valence-electron chi connectivity index (χ3n) is 5.03. The Morgan fingerprint density at radius 3 is 2.55 bits per heavy atom. The van der Waals surface area contributed by atoms with Crippen LogP contribution in [0.25, 0.3) is 10.4 Å². The van der Waals surface area contributed by atoms with Crippen LogP contribution in [-0.4, -0.2) is 37.4 Å². The molecule has 0 saturated carbocycles. The highest BCUT2D eigenvalue weighted by Crippen LogP contribution is 2.41. The molecule has 1 N–H and O–H groups in total. The lowest BCUT2D eigenvalue weighted by molar-refractivity contribution is -0.119. The smallest absolute Gasteiger partial charge is 0.257 e. The van der Waals surface area contributed by atoms with E-state index in [1.165, 1.54) is 0 Å². The molecule has 1 aliphatic heterocycles. The lowest BCUT2D eigenvalue weighted by Crippen LogP contribution is -2.50. The number of likely N-dealkylation sites (N-methyl/N-ethyl adjacent to an activating group) is 1. The average molecular weight is 426 g/mol. The predicted octanol–water partition coefficient (Wildman–Crippen LogP) is 4.41. The molecule has 2 amide bonds. The van der Waals surface area contributed by atoms with Crippen LogP contribution in [-0.2, 0) is 4.79 Å². The van der Waals surface area contributed by atoms with Gasteiger partial charge in [-0.1, -0.05) is 35.9 Å². The van der Waals surface area contributed by atoms with Crippen LogP contribution >= 0.6 is 22.9 Å². The Hall–Kier alpha value is -2.83. The van der Waals surface area contributed by atoms with Gasteiger partial charge in [-0.3, -0.25) is 9.59 Å². The van der Waals surface area contributed by atoms with Crippen LogP contribution < -0.4 is 10.2 Å². The van der Waals surface area contributed by atoms with Crippen molar-refractivity contribution in [1.29, 1.82) is 0 Å². The topological polar surface area (TPSA) is 52.7 Å². The molecule has 1 unspecified atom stereocenters. The van der Waals surface area contributed by atoms with Gasteiger partial charge in [0.15, 0.2) is 0 Å². The molecule has 5 nitrogen and oxygen atoms in total. The number of hydrogen-bond acceptors (Lipinski definition) is 4. The molecule has 4 rings (SSSR count). The highest BCUT2D eigenvalue weighted by molar-refractivity contribution is 7.15. The van der Waals surface area contributed by atoms with Gasteiger partial charge >= 0.3 is 0 Å². The van der Waals surface area contributed by atoms with Gasteiger partial charge in [0, 0.05) is 28.9 Å². The predicted molar refractivity (Wildman–Crippen MR) is 117 cm³/mol. The Balaban J connectivity index is 1.77. The second-order valence-corrected chi connectivity index (χ2v) is 8.37. The van der Waals surface area contributed by atoms with Crippen molar-refractivity contribution in [3.05, 3.63) is 76.1 Å². The third kappa shape index (κ3) is 3.61. The van der Waals surface area contributed by atoms with Gasteiger partial charge in [0.2, 0.25) is 5.91 Å². The quantitative estimate of drug-likeness (QED) is 0.673. The maximum absolute atomic E-state index is 13.0. The number of nitrogens with zero attached hydrogens (tertiary/aromatic N) is 2. The molecular weight excluding hydrogens is 406 g/mol. The molecule has 0 aliphatic carbocycles. The van der Waals surface area contributed by atoms with E-state index >= 15 is 0 Å². The summed E-state index contributed by atoms with van der Waals surface area (Å²) in [4.78, 5) is 31.0. The zero-order valence-electron chi connectivity index (χ0n) is 16.1. The molecule has 1 aliphatic rings. The molecule has 1 atom stereocenters. The van der Waals surface area contributed by atoms with Crippen molar-refractivity contribution in [3.63, 3.8) is 0 Å². The summed E-state index contributed by atoms with van der Waals surface area (Å²) >= 11 is 7.61. The Labute approximate surface area is 178 Å². The number of benzene rings is 2. The zero-order chi connectivity index (χ0) is 20.5. The molecule has 0 spiro atoms. The summed E-state index contributed by atoms with van der Waals surface area (Å²) in [5, 5.41) is 3.38. The van der Waals surface area contributed by atoms with Crippen LogP contribution in [0.4, 0.5) is 5.69 Å². The maximum Gasteiger partial charge on any atom is 0.257 e. The monoisotopic (exact) mass is 425 g/mol. The van der Waals surface area contributed by atoms with Gasteiger partial charge in [-0.2, -0.15) is 0 Å². The summed E-state index contributed by atoms with van der Waals surface area (Å²) < 4.78 is 0. The van der Waals surface area contributed by atoms with E-state index < -0.39 is 0 Å². The van der Waals surface area contributed by atoms with Gasteiger partial charge in [0.25, 0.3) is 5.91 Å². The highest BCUT2D eigenvalue weighted by atomic mass is 35.5. The van der Waals surface area contributed by atoms with Crippen molar-refractivity contribution in [2.75, 3.05) is 25.5 Å². The minimum absolute atomic E-state index is 0.0554. The van der Waals surface area contributed by atoms with Crippen LogP contribution in [0.5, 0.6) is 0 Å². The molecule has 3 aromatic rings. The highest BCUT2D eigenvalue weighted by Gasteiger charge is 2.37. The van der Waals surface area contributed by atoms with Crippen molar-refractivity contribution in [2.24, 2.45) is 0 Å². The molecule has 7 heteroatoms. The van der Waals surface area contributed by atoms with E-state index in [-0.39, 0.29) is 24.5 Å². The Morgan fingerprint density at radius 2 is 1.83 bits per heavy atom. The number of carbonyl (C=O) groups is 2. The summed E-state index contributed by atoms with van der Waals surface area (Å²) in [6, 6.07) is 19.2. The fourth-order valence-electron chi connectivity index (χ4n) is 3.56. The second kappa shape index (κ2) is 7.89. The van der Waals surface area contributed by atoms with Gasteiger partial charge in [0.1, 0.15) is 6.17 Å². The van der Waals surface area contributed by atoms with Gasteiger partial charge < -0.3 is 15.1 Å².